The molecule has 1 aliphatic heterocycles. The number of hydrogen-bond acceptors (Lipinski definition) is 3. The SMILES string of the molecule is C[C@H]1CCCN(S(=O)(=O)NCc2ccc(Cn3ccnc3)cc2)C1. The average Bonchev–Trinajstić information content (AvgIpc) is 3.07. The van der Waals surface area contributed by atoms with Crippen LogP contribution in [0.15, 0.2) is 43.0 Å². The van der Waals surface area contributed by atoms with Crippen LogP contribution in [0.3, 0.4) is 0 Å². The van der Waals surface area contributed by atoms with Gasteiger partial charge in [0.25, 0.3) is 10.2 Å². The van der Waals surface area contributed by atoms with Crippen LogP contribution >= 0.6 is 0 Å². The Labute approximate surface area is 143 Å². The van der Waals surface area contributed by atoms with Gasteiger partial charge < -0.3 is 4.57 Å². The molecule has 1 fully saturated rings. The lowest BCUT2D eigenvalue weighted by Crippen LogP contribution is -2.45. The van der Waals surface area contributed by atoms with Gasteiger partial charge in [0.15, 0.2) is 0 Å². The molecule has 130 valence electrons. The van der Waals surface area contributed by atoms with E-state index in [0.29, 0.717) is 25.6 Å². The Morgan fingerprint density at radius 2 is 2.00 bits per heavy atom. The summed E-state index contributed by atoms with van der Waals surface area (Å²) in [6.45, 7) is 4.40. The second-order valence-electron chi connectivity index (χ2n) is 6.48. The molecule has 1 N–H and O–H groups in total. The second kappa shape index (κ2) is 7.46. The number of benzene rings is 1. The molecule has 0 saturated carbocycles. The molecule has 1 aromatic carbocycles. The Balaban J connectivity index is 1.56. The monoisotopic (exact) mass is 348 g/mol. The molecule has 0 aliphatic carbocycles. The van der Waals surface area contributed by atoms with Gasteiger partial charge in [-0.3, -0.25) is 0 Å². The minimum atomic E-state index is -3.39. The normalized spacial score (nSPS) is 19.5. The first-order valence-electron chi connectivity index (χ1n) is 8.31. The maximum absolute atomic E-state index is 12.4. The van der Waals surface area contributed by atoms with Crippen molar-refractivity contribution in [3.8, 4) is 0 Å². The van der Waals surface area contributed by atoms with Crippen LogP contribution < -0.4 is 4.72 Å². The van der Waals surface area contributed by atoms with Crippen LogP contribution in [0, 0.1) is 5.92 Å². The number of rotatable bonds is 6. The summed E-state index contributed by atoms with van der Waals surface area (Å²) in [5.74, 6) is 0.429. The lowest BCUT2D eigenvalue weighted by molar-refractivity contribution is 0.278. The molecule has 0 spiro atoms. The zero-order valence-electron chi connectivity index (χ0n) is 13.9. The first kappa shape index (κ1) is 17.1. The van der Waals surface area contributed by atoms with Crippen LogP contribution in [0.25, 0.3) is 0 Å². The molecule has 7 heteroatoms. The highest BCUT2D eigenvalue weighted by atomic mass is 32.2. The van der Waals surface area contributed by atoms with Crippen molar-refractivity contribution >= 4 is 10.2 Å². The van der Waals surface area contributed by atoms with Crippen molar-refractivity contribution in [2.45, 2.75) is 32.9 Å². The van der Waals surface area contributed by atoms with E-state index in [-0.39, 0.29) is 0 Å². The minimum absolute atomic E-state index is 0.318. The van der Waals surface area contributed by atoms with E-state index in [1.807, 2.05) is 35.0 Å². The van der Waals surface area contributed by atoms with Gasteiger partial charge >= 0.3 is 0 Å². The van der Waals surface area contributed by atoms with Gasteiger partial charge in [-0.25, -0.2) is 4.98 Å². The van der Waals surface area contributed by atoms with Crippen molar-refractivity contribution in [3.63, 3.8) is 0 Å². The third kappa shape index (κ3) is 4.43. The summed E-state index contributed by atoms with van der Waals surface area (Å²) < 4.78 is 31.0. The van der Waals surface area contributed by atoms with E-state index in [9.17, 15) is 8.42 Å². The average molecular weight is 348 g/mol. The van der Waals surface area contributed by atoms with Gasteiger partial charge in [-0.15, -0.1) is 0 Å². The van der Waals surface area contributed by atoms with Gasteiger partial charge in [-0.05, 0) is 29.9 Å². The number of hydrogen-bond donors (Lipinski definition) is 1. The molecule has 2 aromatic rings. The molecule has 1 aromatic heterocycles. The first-order valence-corrected chi connectivity index (χ1v) is 9.75. The molecular weight excluding hydrogens is 324 g/mol. The summed E-state index contributed by atoms with van der Waals surface area (Å²) in [5.41, 5.74) is 2.11. The molecule has 0 unspecified atom stereocenters. The van der Waals surface area contributed by atoms with E-state index in [0.717, 1.165) is 30.5 Å². The molecule has 0 bridgehead atoms. The molecule has 3 rings (SSSR count). The predicted molar refractivity (Wildman–Crippen MR) is 93.5 cm³/mol. The second-order valence-corrected chi connectivity index (χ2v) is 8.24. The summed E-state index contributed by atoms with van der Waals surface area (Å²) >= 11 is 0. The van der Waals surface area contributed by atoms with E-state index in [4.69, 9.17) is 0 Å². The minimum Gasteiger partial charge on any atom is -0.333 e. The topological polar surface area (TPSA) is 67.2 Å². The van der Waals surface area contributed by atoms with Gasteiger partial charge in [-0.1, -0.05) is 31.2 Å². The fourth-order valence-corrected chi connectivity index (χ4v) is 4.34. The molecule has 1 saturated heterocycles. The van der Waals surface area contributed by atoms with Crippen LogP contribution in [0.4, 0.5) is 0 Å². The van der Waals surface area contributed by atoms with Crippen molar-refractivity contribution in [1.29, 1.82) is 0 Å². The highest BCUT2D eigenvalue weighted by molar-refractivity contribution is 7.87. The molecule has 0 radical (unpaired) electrons. The van der Waals surface area contributed by atoms with Crippen molar-refractivity contribution < 1.29 is 8.42 Å². The number of piperidine rings is 1. The van der Waals surface area contributed by atoms with Crippen LogP contribution in [-0.2, 0) is 23.3 Å². The number of nitrogens with zero attached hydrogens (tertiary/aromatic N) is 3. The molecule has 2 heterocycles. The Kier molecular flexibility index (Phi) is 5.33. The molecule has 24 heavy (non-hydrogen) atoms. The maximum atomic E-state index is 12.4. The third-order valence-electron chi connectivity index (χ3n) is 4.37. The van der Waals surface area contributed by atoms with E-state index >= 15 is 0 Å². The van der Waals surface area contributed by atoms with E-state index in [2.05, 4.69) is 16.6 Å². The molecule has 6 nitrogen and oxygen atoms in total. The van der Waals surface area contributed by atoms with Crippen LogP contribution in [0.2, 0.25) is 0 Å². The lowest BCUT2D eigenvalue weighted by Gasteiger charge is -2.30. The molecule has 1 atom stereocenters. The number of imidazole rings is 1. The Morgan fingerprint density at radius 1 is 1.25 bits per heavy atom. The number of nitrogens with one attached hydrogen (secondary N) is 1. The van der Waals surface area contributed by atoms with Gasteiger partial charge in [0.05, 0.1) is 6.33 Å². The van der Waals surface area contributed by atoms with E-state index in [1.165, 1.54) is 0 Å². The van der Waals surface area contributed by atoms with Crippen LogP contribution in [0.5, 0.6) is 0 Å². The Morgan fingerprint density at radius 3 is 2.67 bits per heavy atom. The summed E-state index contributed by atoms with van der Waals surface area (Å²) in [6.07, 6.45) is 7.49. The Hall–Kier alpha value is -1.70. The van der Waals surface area contributed by atoms with Gasteiger partial charge in [0, 0.05) is 38.6 Å². The third-order valence-corrected chi connectivity index (χ3v) is 5.89. The molecule has 1 aliphatic rings. The lowest BCUT2D eigenvalue weighted by atomic mass is 10.0. The fourth-order valence-electron chi connectivity index (χ4n) is 2.98. The first-order chi connectivity index (χ1) is 11.5. The van der Waals surface area contributed by atoms with Crippen LogP contribution in [0.1, 0.15) is 30.9 Å². The highest BCUT2D eigenvalue weighted by Gasteiger charge is 2.26. The van der Waals surface area contributed by atoms with E-state index < -0.39 is 10.2 Å². The maximum Gasteiger partial charge on any atom is 0.279 e. The zero-order chi connectivity index (χ0) is 17.0. The van der Waals surface area contributed by atoms with Crippen molar-refractivity contribution in [3.05, 3.63) is 54.1 Å². The quantitative estimate of drug-likeness (QED) is 0.868. The predicted octanol–water partition coefficient (Wildman–Crippen LogP) is 2.00. The molecule has 0 amide bonds. The highest BCUT2D eigenvalue weighted by Crippen LogP contribution is 2.18. The van der Waals surface area contributed by atoms with Gasteiger partial charge in [0.2, 0.25) is 0 Å². The fraction of sp³-hybridized carbons (Fsp3) is 0.471. The summed E-state index contributed by atoms with van der Waals surface area (Å²) in [4.78, 5) is 4.02. The smallest absolute Gasteiger partial charge is 0.279 e. The standard InChI is InChI=1S/C17H24N4O2S/c1-15-3-2-9-21(12-15)24(22,23)19-11-16-4-6-17(7-5-16)13-20-10-8-18-14-20/h4-8,10,14-15,19H,2-3,9,11-13H2,1H3/t15-/m0/s1. The van der Waals surface area contributed by atoms with Crippen molar-refractivity contribution in [2.75, 3.05) is 13.1 Å². The van der Waals surface area contributed by atoms with E-state index in [1.54, 1.807) is 16.8 Å². The van der Waals surface area contributed by atoms with Crippen molar-refractivity contribution in [1.82, 2.24) is 18.6 Å². The summed E-state index contributed by atoms with van der Waals surface area (Å²) in [7, 11) is -3.39. The summed E-state index contributed by atoms with van der Waals surface area (Å²) in [6, 6.07) is 7.97. The largest absolute Gasteiger partial charge is 0.333 e. The van der Waals surface area contributed by atoms with Crippen LogP contribution in [-0.4, -0.2) is 35.4 Å². The molecular formula is C17H24N4O2S. The zero-order valence-corrected chi connectivity index (χ0v) is 14.7. The van der Waals surface area contributed by atoms with Gasteiger partial charge in [0.1, 0.15) is 0 Å². The van der Waals surface area contributed by atoms with Crippen molar-refractivity contribution in [2.24, 2.45) is 5.92 Å². The summed E-state index contributed by atoms with van der Waals surface area (Å²) in [5, 5.41) is 0. The van der Waals surface area contributed by atoms with Gasteiger partial charge in [-0.2, -0.15) is 17.4 Å². The number of aromatic nitrogens is 2. The Bertz CT molecular complexity index is 741.